The van der Waals surface area contributed by atoms with Crippen LogP contribution < -0.4 is 15.8 Å². The Balaban J connectivity index is 1.62. The van der Waals surface area contributed by atoms with Gasteiger partial charge in [-0.05, 0) is 24.3 Å². The number of halogens is 2. The van der Waals surface area contributed by atoms with E-state index in [1.54, 1.807) is 48.5 Å². The van der Waals surface area contributed by atoms with Crippen molar-refractivity contribution in [3.8, 4) is 0 Å². The first-order chi connectivity index (χ1) is 12.5. The Morgan fingerprint density at radius 2 is 1.73 bits per heavy atom. The molecule has 2 aromatic rings. The van der Waals surface area contributed by atoms with E-state index in [1.165, 1.54) is 4.90 Å². The van der Waals surface area contributed by atoms with Crippen molar-refractivity contribution in [3.05, 3.63) is 64.1 Å². The van der Waals surface area contributed by atoms with E-state index in [2.05, 4.69) is 10.9 Å². The fourth-order valence-electron chi connectivity index (χ4n) is 2.70. The van der Waals surface area contributed by atoms with Crippen molar-refractivity contribution in [2.24, 2.45) is 5.92 Å². The minimum Gasteiger partial charge on any atom is -0.310 e. The van der Waals surface area contributed by atoms with Crippen molar-refractivity contribution >= 4 is 46.6 Å². The van der Waals surface area contributed by atoms with Crippen LogP contribution in [-0.2, 0) is 9.59 Å². The van der Waals surface area contributed by atoms with Crippen molar-refractivity contribution in [2.75, 3.05) is 11.4 Å². The smallest absolute Gasteiger partial charge is 0.269 e. The summed E-state index contributed by atoms with van der Waals surface area (Å²) in [6, 6.07) is 13.5. The molecule has 1 fully saturated rings. The Morgan fingerprint density at radius 1 is 1.00 bits per heavy atom. The third-order valence-corrected chi connectivity index (χ3v) is 4.86. The van der Waals surface area contributed by atoms with E-state index in [0.29, 0.717) is 16.3 Å². The van der Waals surface area contributed by atoms with Gasteiger partial charge in [0.25, 0.3) is 5.91 Å². The first kappa shape index (κ1) is 18.2. The summed E-state index contributed by atoms with van der Waals surface area (Å²) in [4.78, 5) is 38.0. The van der Waals surface area contributed by atoms with Gasteiger partial charge < -0.3 is 4.90 Å². The second-order valence-electron chi connectivity index (χ2n) is 5.79. The maximum atomic E-state index is 12.3. The molecule has 3 rings (SSSR count). The van der Waals surface area contributed by atoms with E-state index in [1.807, 2.05) is 0 Å². The number of rotatable bonds is 3. The number of carbonyl (C=O) groups is 3. The largest absolute Gasteiger partial charge is 0.310 e. The van der Waals surface area contributed by atoms with Crippen LogP contribution >= 0.6 is 23.2 Å². The van der Waals surface area contributed by atoms with Crippen molar-refractivity contribution in [3.63, 3.8) is 0 Å². The van der Waals surface area contributed by atoms with Gasteiger partial charge in [-0.3, -0.25) is 25.2 Å². The average Bonchev–Trinajstić information content (AvgIpc) is 3.04. The second-order valence-corrected chi connectivity index (χ2v) is 6.57. The monoisotopic (exact) mass is 391 g/mol. The maximum absolute atomic E-state index is 12.3. The van der Waals surface area contributed by atoms with Crippen molar-refractivity contribution in [2.45, 2.75) is 6.42 Å². The van der Waals surface area contributed by atoms with Gasteiger partial charge in [0.05, 0.1) is 21.7 Å². The Labute approximate surface area is 160 Å². The number of nitrogens with zero attached hydrogens (tertiary/aromatic N) is 1. The first-order valence-corrected chi connectivity index (χ1v) is 8.62. The van der Waals surface area contributed by atoms with Crippen molar-refractivity contribution in [1.82, 2.24) is 10.9 Å². The summed E-state index contributed by atoms with van der Waals surface area (Å²) in [5, 5.41) is 0.598. The summed E-state index contributed by atoms with van der Waals surface area (Å²) in [7, 11) is 0. The molecule has 1 saturated heterocycles. The fourth-order valence-corrected chi connectivity index (χ4v) is 3.10. The van der Waals surface area contributed by atoms with E-state index in [0.717, 1.165) is 0 Å². The predicted molar refractivity (Wildman–Crippen MR) is 99.0 cm³/mol. The van der Waals surface area contributed by atoms with E-state index in [4.69, 9.17) is 23.2 Å². The number of hydrazine groups is 1. The van der Waals surface area contributed by atoms with Crippen LogP contribution in [0.4, 0.5) is 5.69 Å². The van der Waals surface area contributed by atoms with Crippen molar-refractivity contribution < 1.29 is 14.4 Å². The molecule has 134 valence electrons. The molecule has 0 aromatic heterocycles. The van der Waals surface area contributed by atoms with Gasteiger partial charge in [-0.25, -0.2) is 0 Å². The van der Waals surface area contributed by atoms with Gasteiger partial charge in [0.15, 0.2) is 0 Å². The normalized spacial score (nSPS) is 16.5. The lowest BCUT2D eigenvalue weighted by atomic mass is 10.1. The molecule has 26 heavy (non-hydrogen) atoms. The van der Waals surface area contributed by atoms with Crippen LogP contribution in [0, 0.1) is 5.92 Å². The molecular weight excluding hydrogens is 377 g/mol. The van der Waals surface area contributed by atoms with Gasteiger partial charge in [-0.2, -0.15) is 0 Å². The average molecular weight is 392 g/mol. The molecule has 1 aliphatic rings. The number of hydrogen-bond donors (Lipinski definition) is 2. The second kappa shape index (κ2) is 7.76. The molecule has 3 amide bonds. The van der Waals surface area contributed by atoms with Gasteiger partial charge >= 0.3 is 0 Å². The molecule has 1 atom stereocenters. The van der Waals surface area contributed by atoms with Crippen LogP contribution in [0.25, 0.3) is 0 Å². The number of benzene rings is 2. The van der Waals surface area contributed by atoms with Crippen LogP contribution in [-0.4, -0.2) is 24.3 Å². The van der Waals surface area contributed by atoms with Crippen LogP contribution in [0.15, 0.2) is 48.5 Å². The minimum atomic E-state index is -0.603. The summed E-state index contributed by atoms with van der Waals surface area (Å²) >= 11 is 12.1. The lowest BCUT2D eigenvalue weighted by Crippen LogP contribution is -2.45. The highest BCUT2D eigenvalue weighted by molar-refractivity contribution is 6.44. The lowest BCUT2D eigenvalue weighted by molar-refractivity contribution is -0.126. The zero-order valence-corrected chi connectivity index (χ0v) is 15.1. The molecule has 0 spiro atoms. The van der Waals surface area contributed by atoms with Gasteiger partial charge in [-0.1, -0.05) is 47.5 Å². The first-order valence-electron chi connectivity index (χ1n) is 7.87. The van der Waals surface area contributed by atoms with Gasteiger partial charge in [0.2, 0.25) is 11.8 Å². The Bertz CT molecular complexity index is 858. The highest BCUT2D eigenvalue weighted by Crippen LogP contribution is 2.35. The fraction of sp³-hybridized carbons (Fsp3) is 0.167. The van der Waals surface area contributed by atoms with Gasteiger partial charge in [0, 0.05) is 18.5 Å². The minimum absolute atomic E-state index is 0.0237. The Kier molecular flexibility index (Phi) is 5.44. The van der Waals surface area contributed by atoms with E-state index >= 15 is 0 Å². The summed E-state index contributed by atoms with van der Waals surface area (Å²) < 4.78 is 0. The number of anilines is 1. The maximum Gasteiger partial charge on any atom is 0.269 e. The molecule has 2 aromatic carbocycles. The molecule has 8 heteroatoms. The quantitative estimate of drug-likeness (QED) is 0.789. The summed E-state index contributed by atoms with van der Waals surface area (Å²) in [6.07, 6.45) is 0.0237. The number of amides is 3. The Hall–Kier alpha value is -2.57. The third kappa shape index (κ3) is 3.81. The van der Waals surface area contributed by atoms with E-state index in [9.17, 15) is 14.4 Å². The summed E-state index contributed by atoms with van der Waals surface area (Å²) in [6.45, 7) is 0.159. The van der Waals surface area contributed by atoms with Crippen LogP contribution in [0.5, 0.6) is 0 Å². The molecule has 1 aliphatic heterocycles. The molecule has 1 heterocycles. The van der Waals surface area contributed by atoms with Crippen LogP contribution in [0.1, 0.15) is 16.8 Å². The number of hydrogen-bond acceptors (Lipinski definition) is 3. The van der Waals surface area contributed by atoms with Crippen LogP contribution in [0.3, 0.4) is 0 Å². The lowest BCUT2D eigenvalue weighted by Gasteiger charge is -2.18. The molecule has 6 nitrogen and oxygen atoms in total. The van der Waals surface area contributed by atoms with Gasteiger partial charge in [-0.15, -0.1) is 0 Å². The summed E-state index contributed by atoms with van der Waals surface area (Å²) in [5.74, 6) is -1.71. The number of carbonyl (C=O) groups excluding carboxylic acids is 3. The summed E-state index contributed by atoms with van der Waals surface area (Å²) in [5.41, 5.74) is 5.60. The molecule has 0 bridgehead atoms. The topological polar surface area (TPSA) is 78.5 Å². The van der Waals surface area contributed by atoms with Gasteiger partial charge in [0.1, 0.15) is 0 Å². The molecular formula is C18H15Cl2N3O3. The third-order valence-electron chi connectivity index (χ3n) is 4.05. The van der Waals surface area contributed by atoms with Crippen molar-refractivity contribution in [1.29, 1.82) is 0 Å². The highest BCUT2D eigenvalue weighted by atomic mass is 35.5. The zero-order valence-electron chi connectivity index (χ0n) is 13.5. The molecule has 0 radical (unpaired) electrons. The number of nitrogens with one attached hydrogen (secondary N) is 2. The van der Waals surface area contributed by atoms with Crippen LogP contribution in [0.2, 0.25) is 10.0 Å². The predicted octanol–water partition coefficient (Wildman–Crippen LogP) is 2.81. The molecule has 0 saturated carbocycles. The Morgan fingerprint density at radius 3 is 2.46 bits per heavy atom. The SMILES string of the molecule is O=C(NNC(=O)[C@H]1CC(=O)N(c2cccc(Cl)c2Cl)C1)c1ccccc1. The highest BCUT2D eigenvalue weighted by Gasteiger charge is 2.36. The van der Waals surface area contributed by atoms with E-state index in [-0.39, 0.29) is 23.9 Å². The molecule has 2 N–H and O–H groups in total. The molecule has 0 aliphatic carbocycles. The van der Waals surface area contributed by atoms with E-state index < -0.39 is 17.7 Å². The standard InChI is InChI=1S/C18H15Cl2N3O3/c19-13-7-4-8-14(16(13)20)23-10-12(9-15(23)24)18(26)22-21-17(25)11-5-2-1-3-6-11/h1-8,12H,9-10H2,(H,21,25)(H,22,26)/t12-/m0/s1. The molecule has 0 unspecified atom stereocenters. The zero-order chi connectivity index (χ0) is 18.7.